The predicted octanol–water partition coefficient (Wildman–Crippen LogP) is 3.76. The van der Waals surface area contributed by atoms with Crippen molar-refractivity contribution in [1.29, 1.82) is 0 Å². The van der Waals surface area contributed by atoms with Gasteiger partial charge >= 0.3 is 0 Å². The standard InChI is InChI=1S/C19H24N2O2/c1-6-10-15(18(7-2)23-5)19(4,22)13-21-14(3)20-16-11-8-9-12-17(16)21/h6-12,22H,2,13H2,1,3-5H3/b10-6-,18-15-. The summed E-state index contributed by atoms with van der Waals surface area (Å²) >= 11 is 0. The van der Waals surface area contributed by atoms with Gasteiger partial charge in [-0.05, 0) is 39.0 Å². The van der Waals surface area contributed by atoms with Crippen LogP contribution >= 0.6 is 0 Å². The molecule has 1 heterocycles. The highest BCUT2D eigenvalue weighted by Gasteiger charge is 2.29. The maximum atomic E-state index is 11.1. The van der Waals surface area contributed by atoms with E-state index in [-0.39, 0.29) is 0 Å². The quantitative estimate of drug-likeness (QED) is 0.652. The van der Waals surface area contributed by atoms with E-state index in [1.165, 1.54) is 0 Å². The van der Waals surface area contributed by atoms with Crippen LogP contribution < -0.4 is 0 Å². The normalized spacial score (nSPS) is 15.5. The Kier molecular flexibility index (Phi) is 5.06. The fourth-order valence-corrected chi connectivity index (χ4v) is 2.79. The molecule has 1 N–H and O–H groups in total. The summed E-state index contributed by atoms with van der Waals surface area (Å²) in [5, 5.41) is 11.1. The average molecular weight is 312 g/mol. The second-order valence-corrected chi connectivity index (χ2v) is 5.69. The second kappa shape index (κ2) is 6.84. The lowest BCUT2D eigenvalue weighted by Gasteiger charge is -2.27. The van der Waals surface area contributed by atoms with E-state index in [2.05, 4.69) is 11.6 Å². The number of methoxy groups -OCH3 is 1. The minimum absolute atomic E-state index is 0.375. The van der Waals surface area contributed by atoms with Gasteiger partial charge in [0.1, 0.15) is 17.2 Å². The van der Waals surface area contributed by atoms with Gasteiger partial charge in [0.15, 0.2) is 0 Å². The zero-order valence-electron chi connectivity index (χ0n) is 14.2. The molecule has 23 heavy (non-hydrogen) atoms. The number of allylic oxidation sites excluding steroid dienone is 2. The SMILES string of the molecule is C=C/C(OC)=C(\C=C/C)C(C)(O)Cn1c(C)nc2ccccc21. The van der Waals surface area contributed by atoms with Crippen molar-refractivity contribution in [3.63, 3.8) is 0 Å². The molecule has 1 atom stereocenters. The van der Waals surface area contributed by atoms with Crippen LogP contribution in [0.15, 0.2) is 60.4 Å². The summed E-state index contributed by atoms with van der Waals surface area (Å²) in [7, 11) is 1.58. The van der Waals surface area contributed by atoms with Gasteiger partial charge in [-0.3, -0.25) is 0 Å². The molecule has 0 aliphatic heterocycles. The molecule has 1 unspecified atom stereocenters. The van der Waals surface area contributed by atoms with Crippen molar-refractivity contribution in [3.8, 4) is 0 Å². The van der Waals surface area contributed by atoms with E-state index in [1.54, 1.807) is 20.1 Å². The molecule has 122 valence electrons. The molecule has 4 nitrogen and oxygen atoms in total. The Balaban J connectivity index is 2.52. The summed E-state index contributed by atoms with van der Waals surface area (Å²) in [4.78, 5) is 4.55. The molecule has 0 amide bonds. The first-order chi connectivity index (χ1) is 10.9. The van der Waals surface area contributed by atoms with E-state index in [1.807, 2.05) is 54.8 Å². The van der Waals surface area contributed by atoms with E-state index in [0.717, 1.165) is 16.9 Å². The zero-order chi connectivity index (χ0) is 17.0. The molecule has 0 saturated carbocycles. The zero-order valence-corrected chi connectivity index (χ0v) is 14.2. The Morgan fingerprint density at radius 2 is 2.13 bits per heavy atom. The number of hydrogen-bond acceptors (Lipinski definition) is 3. The Labute approximate surface area is 137 Å². The lowest BCUT2D eigenvalue weighted by atomic mass is 9.93. The van der Waals surface area contributed by atoms with Gasteiger partial charge in [-0.25, -0.2) is 4.98 Å². The molecule has 0 aliphatic rings. The lowest BCUT2D eigenvalue weighted by molar-refractivity contribution is 0.0780. The van der Waals surface area contributed by atoms with E-state index < -0.39 is 5.60 Å². The molecule has 0 bridgehead atoms. The predicted molar refractivity (Wildman–Crippen MR) is 94.1 cm³/mol. The van der Waals surface area contributed by atoms with Crippen molar-refractivity contribution < 1.29 is 9.84 Å². The van der Waals surface area contributed by atoms with E-state index >= 15 is 0 Å². The van der Waals surface area contributed by atoms with Gasteiger partial charge in [0.25, 0.3) is 0 Å². The topological polar surface area (TPSA) is 47.3 Å². The Bertz CT molecular complexity index is 767. The van der Waals surface area contributed by atoms with E-state index in [0.29, 0.717) is 17.9 Å². The van der Waals surface area contributed by atoms with Gasteiger partial charge in [-0.15, -0.1) is 0 Å². The third-order valence-corrected chi connectivity index (χ3v) is 3.90. The van der Waals surface area contributed by atoms with Crippen LogP contribution in [-0.4, -0.2) is 27.4 Å². The fourth-order valence-electron chi connectivity index (χ4n) is 2.79. The average Bonchev–Trinajstić information content (AvgIpc) is 2.83. The van der Waals surface area contributed by atoms with Gasteiger partial charge in [-0.1, -0.05) is 30.9 Å². The monoisotopic (exact) mass is 312 g/mol. The lowest BCUT2D eigenvalue weighted by Crippen LogP contribution is -2.33. The van der Waals surface area contributed by atoms with Crippen molar-refractivity contribution in [2.24, 2.45) is 0 Å². The first-order valence-electron chi connectivity index (χ1n) is 7.62. The molecule has 0 fully saturated rings. The van der Waals surface area contributed by atoms with Crippen molar-refractivity contribution in [3.05, 3.63) is 66.2 Å². The molecule has 0 saturated heterocycles. The number of hydrogen-bond donors (Lipinski definition) is 1. The van der Waals surface area contributed by atoms with Crippen molar-refractivity contribution in [2.75, 3.05) is 7.11 Å². The highest BCUT2D eigenvalue weighted by Crippen LogP contribution is 2.27. The number of para-hydroxylation sites is 2. The number of imidazole rings is 1. The number of aromatic nitrogens is 2. The van der Waals surface area contributed by atoms with E-state index in [9.17, 15) is 5.11 Å². The van der Waals surface area contributed by atoms with Crippen molar-refractivity contribution in [2.45, 2.75) is 32.9 Å². The van der Waals surface area contributed by atoms with E-state index in [4.69, 9.17) is 4.74 Å². The number of aliphatic hydroxyl groups is 1. The Morgan fingerprint density at radius 3 is 2.74 bits per heavy atom. The minimum Gasteiger partial charge on any atom is -0.496 e. The molecule has 1 aromatic carbocycles. The smallest absolute Gasteiger partial charge is 0.124 e. The second-order valence-electron chi connectivity index (χ2n) is 5.69. The molecule has 0 aliphatic carbocycles. The number of benzene rings is 1. The maximum Gasteiger partial charge on any atom is 0.124 e. The fraction of sp³-hybridized carbons (Fsp3) is 0.316. The number of nitrogens with zero attached hydrogens (tertiary/aromatic N) is 2. The Morgan fingerprint density at radius 1 is 1.43 bits per heavy atom. The molecular formula is C19H24N2O2. The summed E-state index contributed by atoms with van der Waals surface area (Å²) in [6, 6.07) is 7.92. The highest BCUT2D eigenvalue weighted by molar-refractivity contribution is 5.75. The molecule has 1 aromatic heterocycles. The number of aryl methyl sites for hydroxylation is 1. The molecule has 4 heteroatoms. The minimum atomic E-state index is -1.12. The molecule has 0 radical (unpaired) electrons. The number of fused-ring (bicyclic) bond motifs is 1. The third-order valence-electron chi connectivity index (χ3n) is 3.90. The Hall–Kier alpha value is -2.33. The summed E-state index contributed by atoms with van der Waals surface area (Å²) in [6.45, 7) is 9.77. The first kappa shape index (κ1) is 17.0. The van der Waals surface area contributed by atoms with Gasteiger partial charge in [0.05, 0.1) is 24.7 Å². The van der Waals surface area contributed by atoms with Crippen LogP contribution in [0, 0.1) is 6.92 Å². The van der Waals surface area contributed by atoms with Crippen LogP contribution in [-0.2, 0) is 11.3 Å². The summed E-state index contributed by atoms with van der Waals surface area (Å²) in [5.41, 5.74) is 1.49. The summed E-state index contributed by atoms with van der Waals surface area (Å²) in [5.74, 6) is 1.43. The van der Waals surface area contributed by atoms with Gasteiger partial charge in [0, 0.05) is 5.57 Å². The largest absolute Gasteiger partial charge is 0.496 e. The number of ether oxygens (including phenoxy) is 1. The summed E-state index contributed by atoms with van der Waals surface area (Å²) < 4.78 is 7.39. The van der Waals surface area contributed by atoms with Crippen LogP contribution in [0.1, 0.15) is 19.7 Å². The van der Waals surface area contributed by atoms with Crippen LogP contribution in [0.4, 0.5) is 0 Å². The van der Waals surface area contributed by atoms with Crippen molar-refractivity contribution in [1.82, 2.24) is 9.55 Å². The van der Waals surface area contributed by atoms with Crippen LogP contribution in [0.3, 0.4) is 0 Å². The van der Waals surface area contributed by atoms with Gasteiger partial charge in [-0.2, -0.15) is 0 Å². The maximum absolute atomic E-state index is 11.1. The molecule has 0 spiro atoms. The van der Waals surface area contributed by atoms with Crippen molar-refractivity contribution >= 4 is 11.0 Å². The first-order valence-corrected chi connectivity index (χ1v) is 7.62. The highest BCUT2D eigenvalue weighted by atomic mass is 16.5. The summed E-state index contributed by atoms with van der Waals surface area (Å²) in [6.07, 6.45) is 5.35. The molecule has 2 aromatic rings. The van der Waals surface area contributed by atoms with Crippen LogP contribution in [0.25, 0.3) is 11.0 Å². The third kappa shape index (κ3) is 3.37. The number of rotatable bonds is 6. The molecular weight excluding hydrogens is 288 g/mol. The van der Waals surface area contributed by atoms with Crippen LogP contribution in [0.5, 0.6) is 0 Å². The van der Waals surface area contributed by atoms with Crippen LogP contribution in [0.2, 0.25) is 0 Å². The molecule has 2 rings (SSSR count). The van der Waals surface area contributed by atoms with Gasteiger partial charge < -0.3 is 14.4 Å². The van der Waals surface area contributed by atoms with Gasteiger partial charge in [0.2, 0.25) is 0 Å².